The Hall–Kier alpha value is -4.31. The summed E-state index contributed by atoms with van der Waals surface area (Å²) < 4.78 is 7.27. The van der Waals surface area contributed by atoms with Gasteiger partial charge in [0.2, 0.25) is 11.8 Å². The van der Waals surface area contributed by atoms with E-state index in [0.717, 1.165) is 34.3 Å². The minimum atomic E-state index is -0.526. The number of fused-ring (bicyclic) bond motifs is 1. The first kappa shape index (κ1) is 27.8. The number of aryl methyl sites for hydroxylation is 2. The molecule has 10 heteroatoms. The van der Waals surface area contributed by atoms with Crippen molar-refractivity contribution in [2.75, 3.05) is 20.2 Å². The second-order valence-electron chi connectivity index (χ2n) is 11.6. The molecule has 2 fully saturated rings. The number of nitrogens with one attached hydrogen (secondary N) is 2. The molecule has 10 nitrogen and oxygen atoms in total. The molecule has 2 aromatic heterocycles. The van der Waals surface area contributed by atoms with Gasteiger partial charge in [-0.3, -0.25) is 14.6 Å². The molecule has 6 rings (SSSR count). The highest BCUT2D eigenvalue weighted by Gasteiger charge is 2.43. The Labute approximate surface area is 245 Å². The number of hydrogen-bond donors (Lipinski definition) is 2. The molecule has 0 saturated carbocycles. The maximum atomic E-state index is 14.0. The first-order valence-corrected chi connectivity index (χ1v) is 14.5. The molecule has 4 heterocycles. The van der Waals surface area contributed by atoms with E-state index in [-0.39, 0.29) is 29.7 Å². The number of carbonyl (C=O) groups is 2. The Morgan fingerprint density at radius 1 is 1.10 bits per heavy atom. The third kappa shape index (κ3) is 5.72. The van der Waals surface area contributed by atoms with Crippen molar-refractivity contribution < 1.29 is 14.3 Å². The second kappa shape index (κ2) is 11.9. The molecule has 2 saturated heterocycles. The molecular weight excluding hydrogens is 530 g/mol. The summed E-state index contributed by atoms with van der Waals surface area (Å²) in [4.78, 5) is 33.7. The monoisotopic (exact) mass is 567 g/mol. The van der Waals surface area contributed by atoms with Crippen LogP contribution in [0.4, 0.5) is 0 Å². The number of rotatable bonds is 8. The van der Waals surface area contributed by atoms with Gasteiger partial charge < -0.3 is 20.3 Å². The van der Waals surface area contributed by atoms with Gasteiger partial charge in [-0.15, -0.1) is 5.10 Å². The van der Waals surface area contributed by atoms with Crippen LogP contribution in [0.1, 0.15) is 41.0 Å². The molecule has 0 radical (unpaired) electrons. The smallest absolute Gasteiger partial charge is 0.243 e. The molecule has 218 valence electrons. The number of hydrogen-bond acceptors (Lipinski definition) is 7. The van der Waals surface area contributed by atoms with Gasteiger partial charge in [-0.05, 0) is 61.4 Å². The molecule has 0 bridgehead atoms. The summed E-state index contributed by atoms with van der Waals surface area (Å²) in [6.07, 6.45) is 5.61. The van der Waals surface area contributed by atoms with E-state index >= 15 is 0 Å². The predicted octanol–water partition coefficient (Wildman–Crippen LogP) is 2.90. The molecule has 0 aliphatic carbocycles. The van der Waals surface area contributed by atoms with Gasteiger partial charge in [-0.2, -0.15) is 0 Å². The number of ether oxygens (including phenoxy) is 1. The van der Waals surface area contributed by atoms with Gasteiger partial charge in [-0.1, -0.05) is 41.1 Å². The lowest BCUT2D eigenvalue weighted by Crippen LogP contribution is -2.51. The number of likely N-dealkylation sites (tertiary alicyclic amines) is 1. The third-order valence-corrected chi connectivity index (χ3v) is 8.66. The van der Waals surface area contributed by atoms with Gasteiger partial charge in [-0.25, -0.2) is 4.68 Å². The molecular formula is C32H37N7O3. The molecule has 2 aliphatic heterocycles. The maximum absolute atomic E-state index is 14.0. The van der Waals surface area contributed by atoms with Gasteiger partial charge in [0.15, 0.2) is 0 Å². The number of pyridine rings is 1. The Balaban J connectivity index is 1.17. The second-order valence-corrected chi connectivity index (χ2v) is 11.6. The van der Waals surface area contributed by atoms with Crippen LogP contribution in [-0.2, 0) is 29.6 Å². The van der Waals surface area contributed by atoms with Gasteiger partial charge in [0.05, 0.1) is 18.7 Å². The van der Waals surface area contributed by atoms with E-state index in [0.29, 0.717) is 32.5 Å². The normalized spacial score (nSPS) is 22.0. The summed E-state index contributed by atoms with van der Waals surface area (Å²) in [6.45, 7) is 3.64. The number of carbonyl (C=O) groups excluding carboxylic acids is 2. The summed E-state index contributed by atoms with van der Waals surface area (Å²) in [6, 6.07) is 15.3. The molecule has 0 spiro atoms. The number of nitrogens with zero attached hydrogens (tertiary/aromatic N) is 5. The molecule has 2 aromatic carbocycles. The third-order valence-electron chi connectivity index (χ3n) is 8.66. The van der Waals surface area contributed by atoms with Crippen molar-refractivity contribution >= 4 is 22.8 Å². The van der Waals surface area contributed by atoms with Crippen LogP contribution in [-0.4, -0.2) is 69.0 Å². The summed E-state index contributed by atoms with van der Waals surface area (Å²) in [5.74, 6) is 0.933. The Morgan fingerprint density at radius 2 is 1.90 bits per heavy atom. The minimum Gasteiger partial charge on any atom is -0.496 e. The van der Waals surface area contributed by atoms with Crippen LogP contribution in [0.3, 0.4) is 0 Å². The highest BCUT2D eigenvalue weighted by atomic mass is 16.5. The van der Waals surface area contributed by atoms with Crippen LogP contribution in [0.25, 0.3) is 11.0 Å². The molecule has 4 aromatic rings. The molecule has 2 N–H and O–H groups in total. The van der Waals surface area contributed by atoms with Crippen molar-refractivity contribution in [1.82, 2.24) is 35.5 Å². The lowest BCUT2D eigenvalue weighted by molar-refractivity contribution is -0.139. The van der Waals surface area contributed by atoms with Crippen molar-refractivity contribution in [2.24, 2.45) is 13.0 Å². The van der Waals surface area contributed by atoms with E-state index in [9.17, 15) is 9.59 Å². The average molecular weight is 568 g/mol. The number of benzene rings is 2. The SMILES string of the molecule is COc1ccncc1C1CN[C@@H](C(=O)N2C[C@H](Cc3ccc(C)cc3)C[C@H]2C(=O)NCc2ccc3c(c2)nnn3C)C1. The molecule has 4 atom stereocenters. The highest BCUT2D eigenvalue weighted by Crippen LogP contribution is 2.34. The van der Waals surface area contributed by atoms with E-state index in [4.69, 9.17) is 4.74 Å². The van der Waals surface area contributed by atoms with Crippen molar-refractivity contribution in [3.63, 3.8) is 0 Å². The maximum Gasteiger partial charge on any atom is 0.243 e. The van der Waals surface area contributed by atoms with E-state index in [2.05, 4.69) is 57.1 Å². The molecule has 2 amide bonds. The summed E-state index contributed by atoms with van der Waals surface area (Å²) in [7, 11) is 3.50. The zero-order chi connectivity index (χ0) is 29.2. The first-order valence-electron chi connectivity index (χ1n) is 14.5. The van der Waals surface area contributed by atoms with Gasteiger partial charge in [0.1, 0.15) is 17.3 Å². The van der Waals surface area contributed by atoms with E-state index in [1.807, 2.05) is 37.5 Å². The number of methoxy groups -OCH3 is 1. The molecule has 42 heavy (non-hydrogen) atoms. The first-order chi connectivity index (χ1) is 20.4. The van der Waals surface area contributed by atoms with E-state index in [1.54, 1.807) is 22.9 Å². The zero-order valence-corrected chi connectivity index (χ0v) is 24.3. The van der Waals surface area contributed by atoms with Crippen molar-refractivity contribution in [3.8, 4) is 5.75 Å². The Kier molecular flexibility index (Phi) is 7.88. The summed E-state index contributed by atoms with van der Waals surface area (Å²) >= 11 is 0. The highest BCUT2D eigenvalue weighted by molar-refractivity contribution is 5.91. The van der Waals surface area contributed by atoms with Crippen LogP contribution in [0.2, 0.25) is 0 Å². The zero-order valence-electron chi connectivity index (χ0n) is 24.3. The Bertz CT molecular complexity index is 1580. The minimum absolute atomic E-state index is 0.0205. The predicted molar refractivity (Wildman–Crippen MR) is 159 cm³/mol. The quantitative estimate of drug-likeness (QED) is 0.337. The fraction of sp³-hybridized carbons (Fsp3) is 0.406. The van der Waals surface area contributed by atoms with Crippen LogP contribution >= 0.6 is 0 Å². The van der Waals surface area contributed by atoms with Crippen LogP contribution in [0, 0.1) is 12.8 Å². The number of aromatic nitrogens is 4. The Morgan fingerprint density at radius 3 is 2.71 bits per heavy atom. The van der Waals surface area contributed by atoms with Crippen molar-refractivity contribution in [3.05, 3.63) is 83.2 Å². The largest absolute Gasteiger partial charge is 0.496 e. The lowest BCUT2D eigenvalue weighted by atomic mass is 9.96. The summed E-state index contributed by atoms with van der Waals surface area (Å²) in [5.41, 5.74) is 6.09. The van der Waals surface area contributed by atoms with Crippen LogP contribution < -0.4 is 15.4 Å². The standard InChI is InChI=1S/C32H37N7O3/c1-20-4-6-21(7-5-20)12-23-14-29(31(40)35-16-22-8-9-28-26(13-22)36-37-38(28)2)39(19-23)32(41)27-15-24(17-34-27)25-18-33-11-10-30(25)42-3/h4-11,13,18,23-24,27,29,34H,12,14-17,19H2,1-3H3,(H,35,40)/t23-,24?,27-,29+/m1/s1. The van der Waals surface area contributed by atoms with Crippen LogP contribution in [0.5, 0.6) is 5.75 Å². The topological polar surface area (TPSA) is 114 Å². The van der Waals surface area contributed by atoms with Crippen LogP contribution in [0.15, 0.2) is 60.9 Å². The fourth-order valence-corrected chi connectivity index (χ4v) is 6.37. The van der Waals surface area contributed by atoms with Crippen molar-refractivity contribution in [1.29, 1.82) is 0 Å². The van der Waals surface area contributed by atoms with Gasteiger partial charge >= 0.3 is 0 Å². The van der Waals surface area contributed by atoms with E-state index in [1.165, 1.54) is 11.1 Å². The average Bonchev–Trinajstić information content (AvgIpc) is 3.76. The van der Waals surface area contributed by atoms with Crippen molar-refractivity contribution in [2.45, 2.75) is 50.7 Å². The lowest BCUT2D eigenvalue weighted by Gasteiger charge is -2.27. The van der Waals surface area contributed by atoms with E-state index < -0.39 is 6.04 Å². The number of amides is 2. The summed E-state index contributed by atoms with van der Waals surface area (Å²) in [5, 5.41) is 14.8. The van der Waals surface area contributed by atoms with Gasteiger partial charge in [0, 0.05) is 50.6 Å². The molecule has 1 unspecified atom stereocenters. The molecule has 2 aliphatic rings. The van der Waals surface area contributed by atoms with Gasteiger partial charge in [0.25, 0.3) is 0 Å². The fourth-order valence-electron chi connectivity index (χ4n) is 6.37.